The van der Waals surface area contributed by atoms with Crippen molar-refractivity contribution in [3.05, 3.63) is 42.2 Å². The molecule has 1 aliphatic carbocycles. The second-order valence-corrected chi connectivity index (χ2v) is 7.28. The van der Waals surface area contributed by atoms with E-state index in [1.165, 1.54) is 18.4 Å². The van der Waals surface area contributed by atoms with Crippen molar-refractivity contribution in [1.82, 2.24) is 19.7 Å². The lowest BCUT2D eigenvalue weighted by atomic mass is 10.1. The monoisotopic (exact) mass is 367 g/mol. The highest BCUT2D eigenvalue weighted by Gasteiger charge is 2.28. The molecule has 3 aromatic heterocycles. The van der Waals surface area contributed by atoms with Crippen LogP contribution in [0.4, 0.5) is 10.2 Å². The molecule has 2 unspecified atom stereocenters. The number of pyridine rings is 2. The van der Waals surface area contributed by atoms with Crippen LogP contribution in [-0.2, 0) is 0 Å². The van der Waals surface area contributed by atoms with Gasteiger partial charge in [0.1, 0.15) is 23.4 Å². The van der Waals surface area contributed by atoms with Crippen LogP contribution in [0, 0.1) is 0 Å². The molecule has 0 amide bonds. The lowest BCUT2D eigenvalue weighted by molar-refractivity contribution is 0.342. The molecular formula is C20H22FN5O. The molecule has 7 heteroatoms. The third kappa shape index (κ3) is 3.02. The predicted octanol–water partition coefficient (Wildman–Crippen LogP) is 3.00. The van der Waals surface area contributed by atoms with Crippen LogP contribution >= 0.6 is 0 Å². The summed E-state index contributed by atoms with van der Waals surface area (Å²) in [5.74, 6) is 2.14. The number of methoxy groups -OCH3 is 1. The second kappa shape index (κ2) is 6.49. The number of imidazole rings is 1. The Morgan fingerprint density at radius 2 is 2.19 bits per heavy atom. The summed E-state index contributed by atoms with van der Waals surface area (Å²) in [5.41, 5.74) is 3.77. The van der Waals surface area contributed by atoms with Gasteiger partial charge in [0.05, 0.1) is 30.7 Å². The third-order valence-corrected chi connectivity index (χ3v) is 5.36. The molecule has 5 rings (SSSR count). The number of nitrogens with zero attached hydrogens (tertiary/aromatic N) is 3. The molecule has 0 spiro atoms. The number of hydrogen-bond acceptors (Lipinski definition) is 5. The van der Waals surface area contributed by atoms with Crippen LogP contribution in [0.15, 0.2) is 36.7 Å². The minimum Gasteiger partial charge on any atom is -0.496 e. The van der Waals surface area contributed by atoms with Crippen molar-refractivity contribution < 1.29 is 9.13 Å². The number of aromatic nitrogens is 3. The fourth-order valence-electron chi connectivity index (χ4n) is 3.72. The summed E-state index contributed by atoms with van der Waals surface area (Å²) in [6, 6.07) is 7.49. The molecule has 1 saturated heterocycles. The third-order valence-electron chi connectivity index (χ3n) is 5.36. The van der Waals surface area contributed by atoms with E-state index in [9.17, 15) is 4.39 Å². The highest BCUT2D eigenvalue weighted by molar-refractivity contribution is 5.64. The minimum absolute atomic E-state index is 0.249. The lowest BCUT2D eigenvalue weighted by Gasteiger charge is -2.15. The molecule has 2 fully saturated rings. The number of alkyl halides is 1. The summed E-state index contributed by atoms with van der Waals surface area (Å²) < 4.78 is 21.5. The van der Waals surface area contributed by atoms with Crippen LogP contribution in [0.5, 0.6) is 5.75 Å². The maximum absolute atomic E-state index is 13.9. The summed E-state index contributed by atoms with van der Waals surface area (Å²) in [6.07, 6.45) is 5.44. The van der Waals surface area contributed by atoms with E-state index >= 15 is 0 Å². The van der Waals surface area contributed by atoms with E-state index in [1.807, 2.05) is 30.5 Å². The summed E-state index contributed by atoms with van der Waals surface area (Å²) >= 11 is 0. The van der Waals surface area contributed by atoms with Crippen molar-refractivity contribution in [2.45, 2.75) is 31.0 Å². The summed E-state index contributed by atoms with van der Waals surface area (Å²) in [4.78, 5) is 9.22. The topological polar surface area (TPSA) is 63.5 Å². The fourth-order valence-corrected chi connectivity index (χ4v) is 3.72. The molecule has 2 aliphatic rings. The van der Waals surface area contributed by atoms with Crippen molar-refractivity contribution in [1.29, 1.82) is 0 Å². The van der Waals surface area contributed by atoms with Crippen molar-refractivity contribution in [2.75, 3.05) is 25.5 Å². The van der Waals surface area contributed by atoms with Gasteiger partial charge in [0.25, 0.3) is 0 Å². The maximum atomic E-state index is 13.9. The first-order valence-corrected chi connectivity index (χ1v) is 9.36. The predicted molar refractivity (Wildman–Crippen MR) is 102 cm³/mol. The van der Waals surface area contributed by atoms with Crippen LogP contribution in [0.2, 0.25) is 0 Å². The SMILES string of the molecule is COc1cc2ncc(-c3cccc(NC4CNCC4F)n3)n2cc1C1CC1. The van der Waals surface area contributed by atoms with Crippen LogP contribution in [0.3, 0.4) is 0 Å². The van der Waals surface area contributed by atoms with Crippen LogP contribution < -0.4 is 15.4 Å². The molecule has 1 saturated carbocycles. The molecule has 140 valence electrons. The first-order valence-electron chi connectivity index (χ1n) is 9.36. The maximum Gasteiger partial charge on any atom is 0.140 e. The summed E-state index contributed by atoms with van der Waals surface area (Å²) in [7, 11) is 1.70. The molecule has 0 bridgehead atoms. The van der Waals surface area contributed by atoms with E-state index in [0.717, 1.165) is 22.8 Å². The first-order chi connectivity index (χ1) is 13.2. The standard InChI is InChI=1S/C20H22FN5O/c1-27-18-7-20-23-10-17(26(20)11-13(18)12-5-6-12)15-3-2-4-19(24-15)25-16-9-22-8-14(16)21/h2-4,7,10-12,14,16,22H,5-6,8-9H2,1H3,(H,24,25). The number of fused-ring (bicyclic) bond motifs is 1. The minimum atomic E-state index is -0.903. The lowest BCUT2D eigenvalue weighted by Crippen LogP contribution is -2.29. The van der Waals surface area contributed by atoms with E-state index < -0.39 is 6.17 Å². The number of nitrogens with one attached hydrogen (secondary N) is 2. The molecule has 2 N–H and O–H groups in total. The number of halogens is 1. The molecule has 4 heterocycles. The van der Waals surface area contributed by atoms with E-state index in [4.69, 9.17) is 9.72 Å². The van der Waals surface area contributed by atoms with Gasteiger partial charge < -0.3 is 15.4 Å². The highest BCUT2D eigenvalue weighted by Crippen LogP contribution is 2.44. The van der Waals surface area contributed by atoms with E-state index in [-0.39, 0.29) is 6.04 Å². The van der Waals surface area contributed by atoms with Crippen molar-refractivity contribution in [3.8, 4) is 17.1 Å². The van der Waals surface area contributed by atoms with Gasteiger partial charge in [-0.2, -0.15) is 0 Å². The molecule has 27 heavy (non-hydrogen) atoms. The Balaban J connectivity index is 1.51. The number of anilines is 1. The van der Waals surface area contributed by atoms with E-state index in [2.05, 4.69) is 26.2 Å². The average Bonchev–Trinajstić information content (AvgIpc) is 3.34. The quantitative estimate of drug-likeness (QED) is 0.726. The van der Waals surface area contributed by atoms with Gasteiger partial charge in [-0.15, -0.1) is 0 Å². The van der Waals surface area contributed by atoms with Crippen molar-refractivity contribution in [2.24, 2.45) is 0 Å². The fraction of sp³-hybridized carbons (Fsp3) is 0.400. The summed E-state index contributed by atoms with van der Waals surface area (Å²) in [5, 5.41) is 6.25. The Kier molecular flexibility index (Phi) is 3.97. The molecule has 2 atom stereocenters. The zero-order chi connectivity index (χ0) is 18.4. The Hall–Kier alpha value is -2.67. The second-order valence-electron chi connectivity index (χ2n) is 7.28. The van der Waals surface area contributed by atoms with E-state index in [0.29, 0.717) is 24.8 Å². The van der Waals surface area contributed by atoms with Crippen molar-refractivity contribution >= 4 is 11.5 Å². The largest absolute Gasteiger partial charge is 0.496 e. The Morgan fingerprint density at radius 1 is 1.30 bits per heavy atom. The summed E-state index contributed by atoms with van der Waals surface area (Å²) in [6.45, 7) is 0.990. The Labute approximate surface area is 156 Å². The number of ether oxygens (including phenoxy) is 1. The zero-order valence-electron chi connectivity index (χ0n) is 15.2. The van der Waals surface area contributed by atoms with Gasteiger partial charge in [-0.25, -0.2) is 14.4 Å². The van der Waals surface area contributed by atoms with E-state index in [1.54, 1.807) is 7.11 Å². The average molecular weight is 367 g/mol. The normalized spacial score (nSPS) is 22.3. The van der Waals surface area contributed by atoms with Gasteiger partial charge in [-0.3, -0.25) is 4.40 Å². The van der Waals surface area contributed by atoms with Gasteiger partial charge in [0.15, 0.2) is 0 Å². The van der Waals surface area contributed by atoms with Crippen LogP contribution in [0.25, 0.3) is 17.0 Å². The zero-order valence-corrected chi connectivity index (χ0v) is 15.2. The molecule has 0 aromatic carbocycles. The smallest absolute Gasteiger partial charge is 0.140 e. The molecule has 0 radical (unpaired) electrons. The van der Waals surface area contributed by atoms with Gasteiger partial charge >= 0.3 is 0 Å². The van der Waals surface area contributed by atoms with Crippen LogP contribution in [0.1, 0.15) is 24.3 Å². The highest BCUT2D eigenvalue weighted by atomic mass is 19.1. The Bertz CT molecular complexity index is 984. The van der Waals surface area contributed by atoms with Gasteiger partial charge in [-0.05, 0) is 30.9 Å². The number of rotatable bonds is 5. The first kappa shape index (κ1) is 16.5. The molecule has 1 aliphatic heterocycles. The molecule has 3 aromatic rings. The van der Waals surface area contributed by atoms with Gasteiger partial charge in [-0.1, -0.05) is 6.07 Å². The van der Waals surface area contributed by atoms with Gasteiger partial charge in [0.2, 0.25) is 0 Å². The van der Waals surface area contributed by atoms with Gasteiger partial charge in [0, 0.05) is 30.9 Å². The molecule has 6 nitrogen and oxygen atoms in total. The van der Waals surface area contributed by atoms with Crippen LogP contribution in [-0.4, -0.2) is 46.8 Å². The molecular weight excluding hydrogens is 345 g/mol. The number of hydrogen-bond donors (Lipinski definition) is 2. The van der Waals surface area contributed by atoms with Crippen molar-refractivity contribution in [3.63, 3.8) is 0 Å². The Morgan fingerprint density at radius 3 is 2.93 bits per heavy atom.